The molecule has 2 heterocycles. The van der Waals surface area contributed by atoms with Crippen molar-refractivity contribution in [1.29, 1.82) is 0 Å². The van der Waals surface area contributed by atoms with Gasteiger partial charge in [-0.05, 0) is 37.1 Å². The van der Waals surface area contributed by atoms with Gasteiger partial charge in [0.05, 0.1) is 16.7 Å². The zero-order valence-electron chi connectivity index (χ0n) is 13.9. The summed E-state index contributed by atoms with van der Waals surface area (Å²) in [7, 11) is 0. The van der Waals surface area contributed by atoms with E-state index in [1.165, 1.54) is 0 Å². The summed E-state index contributed by atoms with van der Waals surface area (Å²) in [5.74, 6) is -0.354. The summed E-state index contributed by atoms with van der Waals surface area (Å²) in [5, 5.41) is 0. The molecule has 2 aromatic heterocycles. The summed E-state index contributed by atoms with van der Waals surface area (Å²) in [4.78, 5) is 21.4. The Morgan fingerprint density at radius 3 is 2.16 bits per heavy atom. The van der Waals surface area contributed by atoms with E-state index in [0.29, 0.717) is 16.7 Å². The SMILES string of the molecule is Cc1cccc(C)c1-n1c(N)c(C(N)=O)c2nc3ccccc3nc21. The maximum Gasteiger partial charge on any atom is 0.254 e. The van der Waals surface area contributed by atoms with Gasteiger partial charge in [-0.1, -0.05) is 30.3 Å². The van der Waals surface area contributed by atoms with Gasteiger partial charge in [0, 0.05) is 0 Å². The van der Waals surface area contributed by atoms with Crippen molar-refractivity contribution in [3.05, 3.63) is 59.2 Å². The van der Waals surface area contributed by atoms with Crippen LogP contribution >= 0.6 is 0 Å². The molecule has 6 heteroatoms. The van der Waals surface area contributed by atoms with Crippen LogP contribution in [0.2, 0.25) is 0 Å². The van der Waals surface area contributed by atoms with Crippen molar-refractivity contribution in [2.45, 2.75) is 13.8 Å². The second-order valence-corrected chi connectivity index (χ2v) is 6.08. The van der Waals surface area contributed by atoms with E-state index in [-0.39, 0.29) is 11.4 Å². The molecule has 2 aromatic carbocycles. The molecule has 0 fully saturated rings. The number of fused-ring (bicyclic) bond motifs is 2. The number of nitrogens with two attached hydrogens (primary N) is 2. The summed E-state index contributed by atoms with van der Waals surface area (Å²) in [6.45, 7) is 3.98. The molecule has 4 aromatic rings. The van der Waals surface area contributed by atoms with Gasteiger partial charge in [0.25, 0.3) is 5.91 Å². The average molecular weight is 331 g/mol. The number of carbonyl (C=O) groups is 1. The number of para-hydroxylation sites is 3. The molecule has 0 aliphatic heterocycles. The van der Waals surface area contributed by atoms with Crippen molar-refractivity contribution >= 4 is 33.9 Å². The van der Waals surface area contributed by atoms with Gasteiger partial charge in [0.15, 0.2) is 5.65 Å². The topological polar surface area (TPSA) is 99.8 Å². The third-order valence-electron chi connectivity index (χ3n) is 4.41. The van der Waals surface area contributed by atoms with Gasteiger partial charge >= 0.3 is 0 Å². The number of hydrogen-bond donors (Lipinski definition) is 2. The summed E-state index contributed by atoms with van der Waals surface area (Å²) in [5.41, 5.74) is 17.4. The van der Waals surface area contributed by atoms with Gasteiger partial charge in [-0.15, -0.1) is 0 Å². The molecule has 0 unspecified atom stereocenters. The minimum atomic E-state index is -0.614. The normalized spacial score (nSPS) is 11.3. The van der Waals surface area contributed by atoms with Crippen LogP contribution in [0.4, 0.5) is 5.82 Å². The number of primary amides is 1. The Balaban J connectivity index is 2.23. The van der Waals surface area contributed by atoms with E-state index in [2.05, 4.69) is 4.98 Å². The lowest BCUT2D eigenvalue weighted by Crippen LogP contribution is -2.14. The molecule has 0 saturated heterocycles. The summed E-state index contributed by atoms with van der Waals surface area (Å²) < 4.78 is 1.78. The van der Waals surface area contributed by atoms with Crippen molar-refractivity contribution in [2.75, 3.05) is 5.73 Å². The third kappa shape index (κ3) is 2.15. The minimum Gasteiger partial charge on any atom is -0.384 e. The van der Waals surface area contributed by atoms with Crippen LogP contribution in [0.1, 0.15) is 21.5 Å². The Morgan fingerprint density at radius 1 is 0.960 bits per heavy atom. The van der Waals surface area contributed by atoms with E-state index in [9.17, 15) is 4.79 Å². The molecule has 4 N–H and O–H groups in total. The predicted molar refractivity (Wildman–Crippen MR) is 98.8 cm³/mol. The van der Waals surface area contributed by atoms with Gasteiger partial charge in [-0.3, -0.25) is 9.36 Å². The van der Waals surface area contributed by atoms with Crippen LogP contribution in [-0.2, 0) is 0 Å². The Kier molecular flexibility index (Phi) is 3.21. The predicted octanol–water partition coefficient (Wildman–Crippen LogP) is 2.87. The van der Waals surface area contributed by atoms with E-state index < -0.39 is 5.91 Å². The third-order valence-corrected chi connectivity index (χ3v) is 4.41. The maximum absolute atomic E-state index is 12.0. The number of amides is 1. The Labute approximate surface area is 144 Å². The molecule has 0 bridgehead atoms. The van der Waals surface area contributed by atoms with Gasteiger partial charge in [-0.2, -0.15) is 0 Å². The Bertz CT molecular complexity index is 1140. The fraction of sp³-hybridized carbons (Fsp3) is 0.105. The molecule has 0 radical (unpaired) electrons. The van der Waals surface area contributed by atoms with Crippen molar-refractivity contribution in [3.63, 3.8) is 0 Å². The maximum atomic E-state index is 12.0. The molecule has 0 spiro atoms. The quantitative estimate of drug-likeness (QED) is 0.590. The summed E-state index contributed by atoms with van der Waals surface area (Å²) in [6.07, 6.45) is 0. The molecule has 0 aliphatic carbocycles. The van der Waals surface area contributed by atoms with Crippen LogP contribution in [0.5, 0.6) is 0 Å². The molecule has 6 nitrogen and oxygen atoms in total. The highest BCUT2D eigenvalue weighted by atomic mass is 16.1. The first-order valence-corrected chi connectivity index (χ1v) is 7.92. The number of hydrogen-bond acceptors (Lipinski definition) is 4. The number of carbonyl (C=O) groups excluding carboxylic acids is 1. The molecule has 1 amide bonds. The lowest BCUT2D eigenvalue weighted by Gasteiger charge is -2.14. The van der Waals surface area contributed by atoms with Crippen molar-refractivity contribution in [1.82, 2.24) is 14.5 Å². The van der Waals surface area contributed by atoms with Crippen LogP contribution in [0.25, 0.3) is 27.9 Å². The highest BCUT2D eigenvalue weighted by Crippen LogP contribution is 2.33. The fourth-order valence-corrected chi connectivity index (χ4v) is 3.29. The van der Waals surface area contributed by atoms with Crippen LogP contribution in [-0.4, -0.2) is 20.4 Å². The zero-order chi connectivity index (χ0) is 17.7. The number of benzene rings is 2. The molecular formula is C19H17N5O. The van der Waals surface area contributed by atoms with Gasteiger partial charge < -0.3 is 11.5 Å². The van der Waals surface area contributed by atoms with Gasteiger partial charge in [-0.25, -0.2) is 9.97 Å². The van der Waals surface area contributed by atoms with E-state index in [0.717, 1.165) is 22.3 Å². The largest absolute Gasteiger partial charge is 0.384 e. The number of nitrogens with zero attached hydrogens (tertiary/aromatic N) is 3. The van der Waals surface area contributed by atoms with Crippen LogP contribution < -0.4 is 11.5 Å². The number of aromatic nitrogens is 3. The second-order valence-electron chi connectivity index (χ2n) is 6.08. The van der Waals surface area contributed by atoms with E-state index in [1.54, 1.807) is 4.57 Å². The van der Waals surface area contributed by atoms with Crippen LogP contribution in [0.3, 0.4) is 0 Å². The molecule has 0 aliphatic rings. The monoisotopic (exact) mass is 331 g/mol. The molecule has 124 valence electrons. The van der Waals surface area contributed by atoms with E-state index >= 15 is 0 Å². The zero-order valence-corrected chi connectivity index (χ0v) is 13.9. The first-order valence-electron chi connectivity index (χ1n) is 7.92. The highest BCUT2D eigenvalue weighted by Gasteiger charge is 2.24. The standard InChI is InChI=1S/C19H17N5O/c1-10-6-5-7-11(2)16(10)24-17(20)14(18(21)25)15-19(24)23-13-9-4-3-8-12(13)22-15/h3-9H,20H2,1-2H3,(H2,21,25). The fourth-order valence-electron chi connectivity index (χ4n) is 3.29. The summed E-state index contributed by atoms with van der Waals surface area (Å²) >= 11 is 0. The molecule has 25 heavy (non-hydrogen) atoms. The Morgan fingerprint density at radius 2 is 1.56 bits per heavy atom. The van der Waals surface area contributed by atoms with Crippen molar-refractivity contribution < 1.29 is 4.79 Å². The molecular weight excluding hydrogens is 314 g/mol. The molecule has 0 saturated carbocycles. The van der Waals surface area contributed by atoms with Crippen molar-refractivity contribution in [3.8, 4) is 5.69 Å². The first kappa shape index (κ1) is 15.1. The van der Waals surface area contributed by atoms with E-state index in [4.69, 9.17) is 16.5 Å². The first-order chi connectivity index (χ1) is 12.0. The average Bonchev–Trinajstić information content (AvgIpc) is 2.84. The lowest BCUT2D eigenvalue weighted by molar-refractivity contribution is 0.100. The minimum absolute atomic E-state index is 0.205. The molecule has 0 atom stereocenters. The van der Waals surface area contributed by atoms with Crippen molar-refractivity contribution in [2.24, 2.45) is 5.73 Å². The van der Waals surface area contributed by atoms with Gasteiger partial charge in [0.2, 0.25) is 0 Å². The second kappa shape index (κ2) is 5.31. The van der Waals surface area contributed by atoms with Crippen LogP contribution in [0, 0.1) is 13.8 Å². The Hall–Kier alpha value is -3.41. The number of anilines is 1. The van der Waals surface area contributed by atoms with Gasteiger partial charge in [0.1, 0.15) is 16.9 Å². The lowest BCUT2D eigenvalue weighted by atomic mass is 10.1. The number of aryl methyl sites for hydroxylation is 2. The number of rotatable bonds is 2. The highest BCUT2D eigenvalue weighted by molar-refractivity contribution is 6.10. The van der Waals surface area contributed by atoms with E-state index in [1.807, 2.05) is 56.3 Å². The van der Waals surface area contributed by atoms with Crippen LogP contribution in [0.15, 0.2) is 42.5 Å². The summed E-state index contributed by atoms with van der Waals surface area (Å²) in [6, 6.07) is 13.5. The molecule has 4 rings (SSSR count). The smallest absolute Gasteiger partial charge is 0.254 e. The number of nitrogen functional groups attached to an aromatic ring is 1.